The summed E-state index contributed by atoms with van der Waals surface area (Å²) in [5.41, 5.74) is 3.14. The predicted molar refractivity (Wildman–Crippen MR) is 122 cm³/mol. The molecule has 1 aliphatic carbocycles. The van der Waals surface area contributed by atoms with Gasteiger partial charge in [0.1, 0.15) is 16.4 Å². The van der Waals surface area contributed by atoms with E-state index in [0.29, 0.717) is 24.3 Å². The van der Waals surface area contributed by atoms with Gasteiger partial charge < -0.3 is 14.6 Å². The number of hydrogen-bond donors (Lipinski definition) is 2. The lowest BCUT2D eigenvalue weighted by atomic mass is 9.87. The van der Waals surface area contributed by atoms with Gasteiger partial charge in [-0.2, -0.15) is 0 Å². The first-order chi connectivity index (χ1) is 15.9. The number of nitrogens with one attached hydrogen (secondary N) is 1. The van der Waals surface area contributed by atoms with Crippen LogP contribution in [0.4, 0.5) is 0 Å². The molecule has 0 bridgehead atoms. The summed E-state index contributed by atoms with van der Waals surface area (Å²) in [6, 6.07) is 15.4. The van der Waals surface area contributed by atoms with E-state index >= 15 is 0 Å². The van der Waals surface area contributed by atoms with Gasteiger partial charge >= 0.3 is 5.97 Å². The van der Waals surface area contributed by atoms with Gasteiger partial charge in [-0.15, -0.1) is 0 Å². The number of ether oxygens (including phenoxy) is 2. The van der Waals surface area contributed by atoms with Crippen molar-refractivity contribution in [1.29, 1.82) is 0 Å². The Hall–Kier alpha value is -3.43. The van der Waals surface area contributed by atoms with Crippen LogP contribution < -0.4 is 14.2 Å². The van der Waals surface area contributed by atoms with E-state index < -0.39 is 28.6 Å². The van der Waals surface area contributed by atoms with Crippen molar-refractivity contribution < 1.29 is 27.8 Å². The molecule has 0 amide bonds. The maximum Gasteiger partial charge on any atom is 0.341 e. The fourth-order valence-corrected chi connectivity index (χ4v) is 5.13. The minimum absolute atomic E-state index is 0.0742. The molecule has 8 nitrogen and oxygen atoms in total. The van der Waals surface area contributed by atoms with Gasteiger partial charge in [0, 0.05) is 17.8 Å². The van der Waals surface area contributed by atoms with Crippen molar-refractivity contribution in [1.82, 2.24) is 9.71 Å². The van der Waals surface area contributed by atoms with E-state index in [1.54, 1.807) is 25.3 Å². The topological polar surface area (TPSA) is 115 Å². The van der Waals surface area contributed by atoms with Gasteiger partial charge in [0.05, 0.1) is 12.8 Å². The van der Waals surface area contributed by atoms with E-state index in [1.807, 2.05) is 30.3 Å². The number of aliphatic carboxylic acids is 1. The second-order valence-electron chi connectivity index (χ2n) is 7.68. The molecule has 1 aliphatic rings. The third-order valence-electron chi connectivity index (χ3n) is 5.55. The first kappa shape index (κ1) is 22.8. The molecule has 0 spiro atoms. The van der Waals surface area contributed by atoms with Gasteiger partial charge in [0.2, 0.25) is 10.0 Å². The average molecular weight is 469 g/mol. The zero-order valence-electron chi connectivity index (χ0n) is 18.0. The van der Waals surface area contributed by atoms with Crippen molar-refractivity contribution in [3.05, 3.63) is 71.9 Å². The van der Waals surface area contributed by atoms with Gasteiger partial charge in [-0.25, -0.2) is 17.9 Å². The molecule has 9 heteroatoms. The van der Waals surface area contributed by atoms with E-state index in [1.165, 1.54) is 12.3 Å². The highest BCUT2D eigenvalue weighted by Crippen LogP contribution is 2.36. The Labute approximate surface area is 192 Å². The Morgan fingerprint density at radius 3 is 2.61 bits per heavy atom. The molecular weight excluding hydrogens is 444 g/mol. The van der Waals surface area contributed by atoms with E-state index in [2.05, 4.69) is 9.71 Å². The van der Waals surface area contributed by atoms with Crippen LogP contribution in [0.1, 0.15) is 30.0 Å². The molecule has 0 radical (unpaired) electrons. The summed E-state index contributed by atoms with van der Waals surface area (Å²) in [5.74, 6) is 0.141. The van der Waals surface area contributed by atoms with Crippen molar-refractivity contribution >= 4 is 16.0 Å². The predicted octanol–water partition coefficient (Wildman–Crippen LogP) is 3.58. The Kier molecular flexibility index (Phi) is 6.62. The molecule has 1 atom stereocenters. The van der Waals surface area contributed by atoms with Crippen LogP contribution in [-0.4, -0.2) is 38.2 Å². The van der Waals surface area contributed by atoms with Crippen LogP contribution >= 0.6 is 0 Å². The molecule has 172 valence electrons. The number of carboxylic acids is 1. The van der Waals surface area contributed by atoms with E-state index in [4.69, 9.17) is 14.6 Å². The number of rotatable bonds is 8. The molecule has 0 saturated carbocycles. The highest BCUT2D eigenvalue weighted by molar-refractivity contribution is 7.89. The summed E-state index contributed by atoms with van der Waals surface area (Å²) in [6.45, 7) is -0.445. The van der Waals surface area contributed by atoms with Crippen LogP contribution in [-0.2, 0) is 21.2 Å². The lowest BCUT2D eigenvalue weighted by molar-refractivity contribution is -0.139. The van der Waals surface area contributed by atoms with Crippen LogP contribution in [0.15, 0.2) is 65.7 Å². The third kappa shape index (κ3) is 5.15. The number of carbonyl (C=O) groups is 1. The van der Waals surface area contributed by atoms with Gasteiger partial charge in [-0.3, -0.25) is 4.98 Å². The van der Waals surface area contributed by atoms with Gasteiger partial charge in [-0.1, -0.05) is 12.1 Å². The SMILES string of the molecule is COc1ccc(-c2ccc(S(=O)(=O)NC3CCCc4c(OCC(=O)O)cccc43)cn2)cc1. The minimum Gasteiger partial charge on any atom is -0.497 e. The van der Waals surface area contributed by atoms with Crippen LogP contribution in [0, 0.1) is 0 Å². The third-order valence-corrected chi connectivity index (χ3v) is 7.00. The molecule has 33 heavy (non-hydrogen) atoms. The largest absolute Gasteiger partial charge is 0.497 e. The summed E-state index contributed by atoms with van der Waals surface area (Å²) >= 11 is 0. The summed E-state index contributed by atoms with van der Waals surface area (Å²) in [5, 5.41) is 8.90. The number of sulfonamides is 1. The standard InChI is InChI=1S/C24H24N2O6S/c1-31-17-10-8-16(9-11-17)21-13-12-18(14-25-21)33(29,30)26-22-6-2-5-20-19(22)4-3-7-23(20)32-15-24(27)28/h3-4,7-14,22,26H,2,5-6,15H2,1H3,(H,27,28). The van der Waals surface area contributed by atoms with E-state index in [0.717, 1.165) is 28.9 Å². The Bertz CT molecular complexity index is 1240. The van der Waals surface area contributed by atoms with Crippen molar-refractivity contribution in [3.63, 3.8) is 0 Å². The van der Waals surface area contributed by atoms with Gasteiger partial charge in [0.15, 0.2) is 6.61 Å². The molecule has 1 unspecified atom stereocenters. The fourth-order valence-electron chi connectivity index (χ4n) is 3.94. The van der Waals surface area contributed by atoms with E-state index in [9.17, 15) is 13.2 Å². The van der Waals surface area contributed by atoms with Gasteiger partial charge in [0.25, 0.3) is 0 Å². The molecule has 3 aromatic rings. The molecule has 4 rings (SSSR count). The second-order valence-corrected chi connectivity index (χ2v) is 9.39. The monoisotopic (exact) mass is 468 g/mol. The summed E-state index contributed by atoms with van der Waals surface area (Å²) in [7, 11) is -2.23. The zero-order valence-corrected chi connectivity index (χ0v) is 18.8. The number of benzene rings is 2. The number of nitrogens with zero attached hydrogens (tertiary/aromatic N) is 1. The number of hydrogen-bond acceptors (Lipinski definition) is 6. The minimum atomic E-state index is -3.82. The first-order valence-electron chi connectivity index (χ1n) is 10.5. The Balaban J connectivity index is 1.53. The van der Waals surface area contributed by atoms with Crippen molar-refractivity contribution in [3.8, 4) is 22.8 Å². The Morgan fingerprint density at radius 2 is 1.94 bits per heavy atom. The number of carboxylic acid groups (broad SMARTS) is 1. The van der Waals surface area contributed by atoms with Crippen LogP contribution in [0.2, 0.25) is 0 Å². The van der Waals surface area contributed by atoms with Crippen LogP contribution in [0.5, 0.6) is 11.5 Å². The highest BCUT2D eigenvalue weighted by atomic mass is 32.2. The number of aromatic nitrogens is 1. The zero-order chi connectivity index (χ0) is 23.4. The lowest BCUT2D eigenvalue weighted by Gasteiger charge is -2.27. The molecule has 2 aromatic carbocycles. The second kappa shape index (κ2) is 9.60. The molecule has 2 N–H and O–H groups in total. The number of pyridine rings is 1. The molecule has 1 heterocycles. The Morgan fingerprint density at radius 1 is 1.15 bits per heavy atom. The normalized spacial score (nSPS) is 15.5. The lowest BCUT2D eigenvalue weighted by Crippen LogP contribution is -2.31. The molecule has 1 aromatic heterocycles. The maximum absolute atomic E-state index is 13.1. The van der Waals surface area contributed by atoms with Crippen molar-refractivity contribution in [2.75, 3.05) is 13.7 Å². The average Bonchev–Trinajstić information content (AvgIpc) is 2.83. The summed E-state index contributed by atoms with van der Waals surface area (Å²) in [4.78, 5) is 15.3. The fraction of sp³-hybridized carbons (Fsp3) is 0.250. The van der Waals surface area contributed by atoms with Crippen LogP contribution in [0.25, 0.3) is 11.3 Å². The summed E-state index contributed by atoms with van der Waals surface area (Å²) in [6.07, 6.45) is 3.42. The smallest absolute Gasteiger partial charge is 0.341 e. The quantitative estimate of drug-likeness (QED) is 0.519. The summed E-state index contributed by atoms with van der Waals surface area (Å²) < 4.78 is 39.5. The van der Waals surface area contributed by atoms with E-state index in [-0.39, 0.29) is 4.90 Å². The first-order valence-corrected chi connectivity index (χ1v) is 11.9. The maximum atomic E-state index is 13.1. The number of methoxy groups -OCH3 is 1. The highest BCUT2D eigenvalue weighted by Gasteiger charge is 2.28. The molecule has 0 aliphatic heterocycles. The molecule has 0 fully saturated rings. The van der Waals surface area contributed by atoms with Crippen LogP contribution in [0.3, 0.4) is 0 Å². The number of fused-ring (bicyclic) bond motifs is 1. The molecular formula is C24H24N2O6S. The molecule has 0 saturated heterocycles. The van der Waals surface area contributed by atoms with Gasteiger partial charge in [-0.05, 0) is 72.9 Å². The van der Waals surface area contributed by atoms with Crippen molar-refractivity contribution in [2.24, 2.45) is 0 Å². The van der Waals surface area contributed by atoms with Crippen molar-refractivity contribution in [2.45, 2.75) is 30.2 Å².